The molecule has 0 bridgehead atoms. The molecule has 6 nitrogen and oxygen atoms in total. The van der Waals surface area contributed by atoms with Gasteiger partial charge in [-0.15, -0.1) is 10.2 Å². The fourth-order valence-corrected chi connectivity index (χ4v) is 3.34. The molecule has 0 saturated heterocycles. The number of furan rings is 1. The summed E-state index contributed by atoms with van der Waals surface area (Å²) in [6.45, 7) is 0. The smallest absolute Gasteiger partial charge is 0.249 e. The Morgan fingerprint density at radius 2 is 1.20 bits per heavy atom. The number of aromatic nitrogens is 1. The molecule has 30 heavy (non-hydrogen) atoms. The highest BCUT2D eigenvalue weighted by Crippen LogP contribution is 2.30. The van der Waals surface area contributed by atoms with E-state index in [1.54, 1.807) is 0 Å². The minimum atomic E-state index is -4.94. The van der Waals surface area contributed by atoms with E-state index in [1.165, 1.54) is 16.7 Å². The van der Waals surface area contributed by atoms with Crippen LogP contribution in [0.1, 0.15) is 0 Å². The topological polar surface area (TPSA) is 109 Å². The summed E-state index contributed by atoms with van der Waals surface area (Å²) < 4.78 is 42.7. The summed E-state index contributed by atoms with van der Waals surface area (Å²) in [4.78, 5) is 0. The fourth-order valence-electron chi connectivity index (χ4n) is 3.03. The van der Waals surface area contributed by atoms with E-state index in [9.17, 15) is 0 Å². The summed E-state index contributed by atoms with van der Waals surface area (Å²) in [6.07, 6.45) is 0. The Morgan fingerprint density at radius 1 is 0.700 bits per heavy atom. The van der Waals surface area contributed by atoms with E-state index in [1.807, 2.05) is 24.3 Å². The molecule has 0 N–H and O–H groups in total. The number of hydrogen-bond acceptors (Lipinski definition) is 5. The lowest BCUT2D eigenvalue weighted by molar-refractivity contribution is -2.00. The zero-order valence-electron chi connectivity index (χ0n) is 15.8. The van der Waals surface area contributed by atoms with Gasteiger partial charge in [0.2, 0.25) is 11.4 Å². The molecule has 0 aliphatic rings. The van der Waals surface area contributed by atoms with Crippen molar-refractivity contribution in [3.8, 4) is 33.8 Å². The van der Waals surface area contributed by atoms with E-state index in [-0.39, 0.29) is 0 Å². The van der Waals surface area contributed by atoms with Crippen molar-refractivity contribution in [3.63, 3.8) is 0 Å². The molecule has 4 aromatic rings. The van der Waals surface area contributed by atoms with Crippen LogP contribution in [0.2, 0.25) is 0 Å². The monoisotopic (exact) mass is 489 g/mol. The molecular formula is C22H17BrClNO5. The third-order valence-electron chi connectivity index (χ3n) is 4.31. The van der Waals surface area contributed by atoms with Gasteiger partial charge in [0.05, 0.1) is 0 Å². The molecule has 0 spiro atoms. The van der Waals surface area contributed by atoms with Gasteiger partial charge in [-0.2, -0.15) is 4.57 Å². The first-order valence-electron chi connectivity index (χ1n) is 8.75. The number of nitrogens with zero attached hydrogens (tertiary/aromatic N) is 1. The van der Waals surface area contributed by atoms with Gasteiger partial charge >= 0.3 is 0 Å². The Labute approximate surface area is 184 Å². The van der Waals surface area contributed by atoms with Crippen LogP contribution in [0.15, 0.2) is 94.0 Å². The van der Waals surface area contributed by atoms with E-state index in [0.29, 0.717) is 0 Å². The summed E-state index contributed by atoms with van der Waals surface area (Å²) in [5.41, 5.74) is 5.71. The first-order chi connectivity index (χ1) is 14.2. The largest absolute Gasteiger partial charge is 0.443 e. The van der Waals surface area contributed by atoms with Gasteiger partial charge in [0, 0.05) is 17.7 Å². The van der Waals surface area contributed by atoms with Crippen molar-refractivity contribution in [1.82, 2.24) is 0 Å². The SMILES string of the molecule is C[n+]1c(-c2ccccc2)cc(-c2ccccc2)cc1-c1ccc(Br)o1.[O-][Cl+3]([O-])([O-])[O-]. The Bertz CT molecular complexity index is 1110. The molecule has 2 aromatic heterocycles. The predicted octanol–water partition coefficient (Wildman–Crippen LogP) is 1.11. The van der Waals surface area contributed by atoms with Crippen molar-refractivity contribution in [2.45, 2.75) is 0 Å². The standard InChI is InChI=1S/C22H17BrNO.ClHO4/c1-24-19(17-10-6-3-7-11-17)14-18(16-8-4-2-5-9-16)15-20(24)21-12-13-22(23)25-21;2-1(3,4)5/h2-15H,1H3;(H,2,3,4,5)/q+1;/p-1. The van der Waals surface area contributed by atoms with Crippen LogP contribution in [0, 0.1) is 10.2 Å². The van der Waals surface area contributed by atoms with Crippen molar-refractivity contribution in [2.24, 2.45) is 7.05 Å². The molecule has 4 rings (SSSR count). The van der Waals surface area contributed by atoms with Crippen LogP contribution < -0.4 is 23.2 Å². The second-order valence-electron chi connectivity index (χ2n) is 6.29. The molecule has 0 amide bonds. The molecule has 0 saturated carbocycles. The normalized spacial score (nSPS) is 11.0. The second kappa shape index (κ2) is 9.53. The van der Waals surface area contributed by atoms with Gasteiger partial charge in [0.1, 0.15) is 7.05 Å². The van der Waals surface area contributed by atoms with Crippen LogP contribution in [0.5, 0.6) is 0 Å². The highest BCUT2D eigenvalue weighted by atomic mass is 79.9. The van der Waals surface area contributed by atoms with Crippen molar-refractivity contribution in [3.05, 3.63) is 89.6 Å². The number of halogens is 2. The zero-order chi connectivity index (χ0) is 21.7. The number of benzene rings is 2. The minimum absolute atomic E-state index is 0.730. The van der Waals surface area contributed by atoms with Gasteiger partial charge in [-0.1, -0.05) is 48.5 Å². The summed E-state index contributed by atoms with van der Waals surface area (Å²) in [6, 6.07) is 29.2. The van der Waals surface area contributed by atoms with E-state index in [0.717, 1.165) is 21.8 Å². The number of rotatable bonds is 3. The van der Waals surface area contributed by atoms with Gasteiger partial charge in [0.15, 0.2) is 10.4 Å². The van der Waals surface area contributed by atoms with Crippen LogP contribution in [-0.2, 0) is 7.05 Å². The highest BCUT2D eigenvalue weighted by molar-refractivity contribution is 9.10. The van der Waals surface area contributed by atoms with Crippen molar-refractivity contribution >= 4 is 15.9 Å². The van der Waals surface area contributed by atoms with Crippen molar-refractivity contribution in [2.75, 3.05) is 0 Å². The Hall–Kier alpha value is -2.52. The molecule has 0 radical (unpaired) electrons. The molecule has 0 aliphatic carbocycles. The van der Waals surface area contributed by atoms with Crippen LogP contribution >= 0.6 is 15.9 Å². The van der Waals surface area contributed by atoms with Gasteiger partial charge in [-0.25, -0.2) is 18.6 Å². The molecule has 0 fully saturated rings. The fraction of sp³-hybridized carbons (Fsp3) is 0.0455. The minimum Gasteiger partial charge on any atom is -0.443 e. The molecule has 0 unspecified atom stereocenters. The second-order valence-corrected chi connectivity index (χ2v) is 7.82. The lowest BCUT2D eigenvalue weighted by Crippen LogP contribution is -2.68. The predicted molar refractivity (Wildman–Crippen MR) is 104 cm³/mol. The maximum Gasteiger partial charge on any atom is 0.249 e. The van der Waals surface area contributed by atoms with Crippen LogP contribution in [0.25, 0.3) is 33.8 Å². The quantitative estimate of drug-likeness (QED) is 0.400. The molecular weight excluding hydrogens is 474 g/mol. The first kappa shape index (κ1) is 22.2. The first-order valence-corrected chi connectivity index (χ1v) is 10.8. The Balaban J connectivity index is 0.000000461. The molecule has 2 heterocycles. The van der Waals surface area contributed by atoms with Crippen LogP contribution in [0.4, 0.5) is 0 Å². The third kappa shape index (κ3) is 5.99. The Morgan fingerprint density at radius 3 is 1.70 bits per heavy atom. The van der Waals surface area contributed by atoms with Gasteiger partial charge in [-0.05, 0) is 51.3 Å². The average molecular weight is 491 g/mol. The van der Waals surface area contributed by atoms with Gasteiger partial charge < -0.3 is 4.42 Å². The van der Waals surface area contributed by atoms with Crippen LogP contribution in [-0.4, -0.2) is 0 Å². The van der Waals surface area contributed by atoms with Crippen LogP contribution in [0.3, 0.4) is 0 Å². The highest BCUT2D eigenvalue weighted by Gasteiger charge is 2.21. The summed E-state index contributed by atoms with van der Waals surface area (Å²) in [5, 5.41) is 0. The van der Waals surface area contributed by atoms with Crippen molar-refractivity contribution < 1.29 is 37.9 Å². The summed E-state index contributed by atoms with van der Waals surface area (Å²) >= 11 is 3.40. The number of pyridine rings is 1. The van der Waals surface area contributed by atoms with Gasteiger partial charge in [-0.3, -0.25) is 0 Å². The van der Waals surface area contributed by atoms with E-state index < -0.39 is 10.2 Å². The lowest BCUT2D eigenvalue weighted by atomic mass is 10.0. The summed E-state index contributed by atoms with van der Waals surface area (Å²) in [7, 11) is -2.87. The molecule has 0 aliphatic heterocycles. The molecule has 8 heteroatoms. The maximum atomic E-state index is 8.49. The Kier molecular flexibility index (Phi) is 7.04. The van der Waals surface area contributed by atoms with Gasteiger partial charge in [0.25, 0.3) is 0 Å². The van der Waals surface area contributed by atoms with Crippen molar-refractivity contribution in [1.29, 1.82) is 0 Å². The third-order valence-corrected chi connectivity index (χ3v) is 4.74. The number of hydrogen-bond donors (Lipinski definition) is 0. The van der Waals surface area contributed by atoms with E-state index >= 15 is 0 Å². The summed E-state index contributed by atoms with van der Waals surface area (Å²) in [5.74, 6) is 0.837. The average Bonchev–Trinajstić information content (AvgIpc) is 3.14. The van der Waals surface area contributed by atoms with E-state index in [4.69, 9.17) is 23.1 Å². The van der Waals surface area contributed by atoms with E-state index in [2.05, 4.69) is 88.2 Å². The lowest BCUT2D eigenvalue weighted by Gasteiger charge is -2.17. The zero-order valence-corrected chi connectivity index (χ0v) is 18.2. The molecule has 154 valence electrons. The molecule has 0 atom stereocenters. The maximum absolute atomic E-state index is 8.49. The molecule has 2 aromatic carbocycles.